The van der Waals surface area contributed by atoms with E-state index in [0.717, 1.165) is 68.3 Å². The molecule has 2 aliphatic heterocycles. The van der Waals surface area contributed by atoms with Crippen molar-refractivity contribution in [2.75, 3.05) is 30.5 Å². The maximum atomic E-state index is 13.2. The van der Waals surface area contributed by atoms with Crippen LogP contribution < -0.4 is 25.8 Å². The Morgan fingerprint density at radius 2 is 1.65 bits per heavy atom. The Hall–Kier alpha value is -3.60. The molecule has 4 aliphatic rings. The SMILES string of the molecule is N[C@H]1CC[C@H](Nc2nc(NC3CCN(C(=O)c4ccc5c(c4)OCO5)CC3)c3ncn(C4CCCC4)c3n2)CC1. The highest BCUT2D eigenvalue weighted by atomic mass is 16.7. The molecule has 0 atom stereocenters. The minimum absolute atomic E-state index is 0.0233. The largest absolute Gasteiger partial charge is 0.454 e. The van der Waals surface area contributed by atoms with Gasteiger partial charge in [0.05, 0.1) is 6.33 Å². The van der Waals surface area contributed by atoms with E-state index < -0.39 is 0 Å². The summed E-state index contributed by atoms with van der Waals surface area (Å²) >= 11 is 0. The number of ether oxygens (including phenoxy) is 2. The first kappa shape index (κ1) is 25.4. The monoisotopic (exact) mass is 546 g/mol. The molecule has 2 saturated carbocycles. The molecule has 1 aromatic carbocycles. The Balaban J connectivity index is 1.07. The lowest BCUT2D eigenvalue weighted by atomic mass is 9.92. The zero-order valence-corrected chi connectivity index (χ0v) is 22.8. The van der Waals surface area contributed by atoms with Crippen molar-refractivity contribution in [3.8, 4) is 11.5 Å². The Bertz CT molecular complexity index is 1370. The zero-order valence-electron chi connectivity index (χ0n) is 22.8. The summed E-state index contributed by atoms with van der Waals surface area (Å²) in [6.45, 7) is 1.54. The van der Waals surface area contributed by atoms with Crippen molar-refractivity contribution in [1.29, 1.82) is 0 Å². The lowest BCUT2D eigenvalue weighted by Gasteiger charge is -2.33. The maximum Gasteiger partial charge on any atom is 0.253 e. The van der Waals surface area contributed by atoms with E-state index in [4.69, 9.17) is 30.2 Å². The summed E-state index contributed by atoms with van der Waals surface area (Å²) in [6, 6.07) is 6.66. The van der Waals surface area contributed by atoms with Gasteiger partial charge < -0.3 is 35.3 Å². The van der Waals surface area contributed by atoms with Gasteiger partial charge in [-0.3, -0.25) is 4.79 Å². The standard InChI is InChI=1S/C29H38N8O3/c30-19-6-8-20(9-7-19)33-29-34-26(25-27(35-29)37(16-31-25)22-3-1-2-4-22)32-21-11-13-36(14-12-21)28(38)18-5-10-23-24(15-18)40-17-39-23/h5,10,15-16,19-22H,1-4,6-9,11-14,17,30H2,(H2,32,33,34,35)/t19-,20-. The van der Waals surface area contributed by atoms with Crippen molar-refractivity contribution >= 4 is 28.8 Å². The van der Waals surface area contributed by atoms with Crippen LogP contribution in [0.15, 0.2) is 24.5 Å². The molecule has 2 aliphatic carbocycles. The summed E-state index contributed by atoms with van der Waals surface area (Å²) < 4.78 is 13.1. The smallest absolute Gasteiger partial charge is 0.253 e. The molecule has 1 saturated heterocycles. The minimum Gasteiger partial charge on any atom is -0.454 e. The molecule has 4 N–H and O–H groups in total. The summed E-state index contributed by atoms with van der Waals surface area (Å²) in [5, 5.41) is 7.29. The number of likely N-dealkylation sites (tertiary alicyclic amines) is 1. The highest BCUT2D eigenvalue weighted by molar-refractivity contribution is 5.95. The van der Waals surface area contributed by atoms with Gasteiger partial charge in [-0.15, -0.1) is 0 Å². The number of nitrogens with zero attached hydrogens (tertiary/aromatic N) is 5. The van der Waals surface area contributed by atoms with Crippen LogP contribution in [0.25, 0.3) is 11.2 Å². The Morgan fingerprint density at radius 3 is 2.45 bits per heavy atom. The van der Waals surface area contributed by atoms with Gasteiger partial charge in [0.2, 0.25) is 12.7 Å². The number of nitrogens with one attached hydrogen (secondary N) is 2. The fourth-order valence-electron chi connectivity index (χ4n) is 6.61. The quantitative estimate of drug-likeness (QED) is 0.418. The molecule has 0 spiro atoms. The number of imidazole rings is 1. The number of fused-ring (bicyclic) bond motifs is 2. The van der Waals surface area contributed by atoms with Gasteiger partial charge in [-0.05, 0) is 69.6 Å². The Labute approximate surface area is 233 Å². The van der Waals surface area contributed by atoms with Gasteiger partial charge in [-0.2, -0.15) is 9.97 Å². The number of hydrogen-bond acceptors (Lipinski definition) is 9. The van der Waals surface area contributed by atoms with Gasteiger partial charge in [0.15, 0.2) is 28.5 Å². The predicted octanol–water partition coefficient (Wildman–Crippen LogP) is 4.07. The first-order valence-corrected chi connectivity index (χ1v) is 14.8. The summed E-state index contributed by atoms with van der Waals surface area (Å²) in [5.41, 5.74) is 8.48. The van der Waals surface area contributed by atoms with Crippen LogP contribution in [0, 0.1) is 0 Å². The number of nitrogens with two attached hydrogens (primary N) is 1. The van der Waals surface area contributed by atoms with Gasteiger partial charge in [0.1, 0.15) is 0 Å². The molecule has 11 nitrogen and oxygen atoms in total. The number of rotatable bonds is 6. The average Bonchev–Trinajstić information content (AvgIpc) is 3.75. The number of piperidine rings is 1. The van der Waals surface area contributed by atoms with Crippen molar-refractivity contribution in [3.63, 3.8) is 0 Å². The van der Waals surface area contributed by atoms with Crippen LogP contribution >= 0.6 is 0 Å². The lowest BCUT2D eigenvalue weighted by molar-refractivity contribution is 0.0718. The minimum atomic E-state index is 0.0233. The summed E-state index contributed by atoms with van der Waals surface area (Å²) in [6.07, 6.45) is 12.5. The Kier molecular flexibility index (Phi) is 6.82. The molecule has 212 valence electrons. The summed E-state index contributed by atoms with van der Waals surface area (Å²) in [7, 11) is 0. The third-order valence-corrected chi connectivity index (χ3v) is 8.99. The molecule has 40 heavy (non-hydrogen) atoms. The average molecular weight is 547 g/mol. The third kappa shape index (κ3) is 5.02. The van der Waals surface area contributed by atoms with Crippen LogP contribution in [0.3, 0.4) is 0 Å². The number of amides is 1. The fraction of sp³-hybridized carbons (Fsp3) is 0.586. The highest BCUT2D eigenvalue weighted by Gasteiger charge is 2.28. The second kappa shape index (κ2) is 10.8. The van der Waals surface area contributed by atoms with Gasteiger partial charge >= 0.3 is 0 Å². The number of hydrogen-bond donors (Lipinski definition) is 3. The van der Waals surface area contributed by atoms with E-state index in [9.17, 15) is 4.79 Å². The van der Waals surface area contributed by atoms with Crippen molar-refractivity contribution < 1.29 is 14.3 Å². The van der Waals surface area contributed by atoms with E-state index in [2.05, 4.69) is 15.2 Å². The van der Waals surface area contributed by atoms with Gasteiger partial charge in [0.25, 0.3) is 5.91 Å². The molecule has 4 heterocycles. The van der Waals surface area contributed by atoms with Crippen LogP contribution in [-0.4, -0.2) is 68.3 Å². The van der Waals surface area contributed by atoms with E-state index >= 15 is 0 Å². The van der Waals surface area contributed by atoms with Crippen molar-refractivity contribution in [3.05, 3.63) is 30.1 Å². The first-order valence-electron chi connectivity index (χ1n) is 14.8. The first-order chi connectivity index (χ1) is 19.6. The van der Waals surface area contributed by atoms with Crippen LogP contribution in [0.1, 0.15) is 80.6 Å². The highest BCUT2D eigenvalue weighted by Crippen LogP contribution is 2.35. The summed E-state index contributed by atoms with van der Waals surface area (Å²) in [5.74, 6) is 2.78. The molecule has 1 amide bonds. The molecular formula is C29H38N8O3. The molecule has 0 bridgehead atoms. The van der Waals surface area contributed by atoms with Crippen molar-refractivity contribution in [2.24, 2.45) is 5.73 Å². The molecule has 7 rings (SSSR count). The number of carbonyl (C=O) groups excluding carboxylic acids is 1. The van der Waals surface area contributed by atoms with Crippen LogP contribution in [0.2, 0.25) is 0 Å². The fourth-order valence-corrected chi connectivity index (χ4v) is 6.61. The van der Waals surface area contributed by atoms with E-state index in [1.807, 2.05) is 23.4 Å². The van der Waals surface area contributed by atoms with Crippen molar-refractivity contribution in [1.82, 2.24) is 24.4 Å². The number of aromatic nitrogens is 4. The number of anilines is 2. The van der Waals surface area contributed by atoms with Crippen LogP contribution in [-0.2, 0) is 0 Å². The van der Waals surface area contributed by atoms with Gasteiger partial charge in [-0.1, -0.05) is 12.8 Å². The van der Waals surface area contributed by atoms with E-state index in [-0.39, 0.29) is 18.7 Å². The second-order valence-corrected chi connectivity index (χ2v) is 11.7. The van der Waals surface area contributed by atoms with Crippen LogP contribution in [0.4, 0.5) is 11.8 Å². The topological polar surface area (TPSA) is 132 Å². The second-order valence-electron chi connectivity index (χ2n) is 11.7. The maximum absolute atomic E-state index is 13.2. The van der Waals surface area contributed by atoms with E-state index in [1.165, 1.54) is 12.8 Å². The van der Waals surface area contributed by atoms with Gasteiger partial charge in [0, 0.05) is 42.8 Å². The number of carbonyl (C=O) groups is 1. The molecule has 2 aromatic heterocycles. The van der Waals surface area contributed by atoms with E-state index in [0.29, 0.717) is 54.2 Å². The normalized spacial score (nSPS) is 23.6. The lowest BCUT2D eigenvalue weighted by Crippen LogP contribution is -2.42. The predicted molar refractivity (Wildman–Crippen MR) is 152 cm³/mol. The molecular weight excluding hydrogens is 508 g/mol. The van der Waals surface area contributed by atoms with Crippen LogP contribution in [0.5, 0.6) is 11.5 Å². The number of benzene rings is 1. The van der Waals surface area contributed by atoms with E-state index in [1.54, 1.807) is 6.07 Å². The molecule has 3 aromatic rings. The molecule has 11 heteroatoms. The zero-order chi connectivity index (χ0) is 27.1. The molecule has 0 unspecified atom stereocenters. The third-order valence-electron chi connectivity index (χ3n) is 8.99. The summed E-state index contributed by atoms with van der Waals surface area (Å²) in [4.78, 5) is 29.8. The van der Waals surface area contributed by atoms with Gasteiger partial charge in [-0.25, -0.2) is 4.98 Å². The molecule has 3 fully saturated rings. The van der Waals surface area contributed by atoms with Crippen molar-refractivity contribution in [2.45, 2.75) is 88.4 Å². The molecule has 0 radical (unpaired) electrons. The Morgan fingerprint density at radius 1 is 0.900 bits per heavy atom.